The smallest absolute Gasteiger partial charge is 0.152 e. The van der Waals surface area contributed by atoms with Gasteiger partial charge in [-0.2, -0.15) is 5.26 Å². The molecule has 1 N–H and O–H groups in total. The van der Waals surface area contributed by atoms with Gasteiger partial charge in [0.05, 0.1) is 11.3 Å². The van der Waals surface area contributed by atoms with Crippen molar-refractivity contribution in [2.75, 3.05) is 5.32 Å². The lowest BCUT2D eigenvalue weighted by atomic mass is 10.2. The van der Waals surface area contributed by atoms with Gasteiger partial charge in [-0.25, -0.2) is 13.2 Å². The summed E-state index contributed by atoms with van der Waals surface area (Å²) in [6.45, 7) is 0. The van der Waals surface area contributed by atoms with E-state index >= 15 is 0 Å². The SMILES string of the molecule is N#Cc1cc(Br)ccc1Nc1c(F)cc(F)cc1F. The van der Waals surface area contributed by atoms with Gasteiger partial charge in [0.25, 0.3) is 0 Å². The summed E-state index contributed by atoms with van der Waals surface area (Å²) in [4.78, 5) is 0. The fraction of sp³-hybridized carbons (Fsp3) is 0. The van der Waals surface area contributed by atoms with E-state index in [9.17, 15) is 13.2 Å². The lowest BCUT2D eigenvalue weighted by molar-refractivity contribution is 0.549. The van der Waals surface area contributed by atoms with E-state index in [0.717, 1.165) is 0 Å². The molecule has 0 saturated heterocycles. The molecular weight excluding hydrogens is 321 g/mol. The van der Waals surface area contributed by atoms with Crippen LogP contribution < -0.4 is 5.32 Å². The fourth-order valence-electron chi connectivity index (χ4n) is 1.51. The van der Waals surface area contributed by atoms with Crippen molar-refractivity contribution in [1.29, 1.82) is 5.26 Å². The van der Waals surface area contributed by atoms with Crippen LogP contribution in [0.4, 0.5) is 24.5 Å². The molecule has 0 aliphatic rings. The van der Waals surface area contributed by atoms with E-state index in [4.69, 9.17) is 5.26 Å². The Morgan fingerprint density at radius 3 is 2.26 bits per heavy atom. The zero-order valence-electron chi connectivity index (χ0n) is 9.35. The van der Waals surface area contributed by atoms with Crippen molar-refractivity contribution < 1.29 is 13.2 Å². The third kappa shape index (κ3) is 2.88. The lowest BCUT2D eigenvalue weighted by Gasteiger charge is -2.10. The number of nitriles is 1. The Morgan fingerprint density at radius 2 is 1.68 bits per heavy atom. The topological polar surface area (TPSA) is 35.8 Å². The summed E-state index contributed by atoms with van der Waals surface area (Å²) in [5.74, 6) is -3.13. The van der Waals surface area contributed by atoms with Crippen LogP contribution in [0.25, 0.3) is 0 Å². The van der Waals surface area contributed by atoms with Gasteiger partial charge in [-0.3, -0.25) is 0 Å². The zero-order valence-corrected chi connectivity index (χ0v) is 10.9. The third-order valence-corrected chi connectivity index (χ3v) is 2.86. The molecule has 0 bridgehead atoms. The summed E-state index contributed by atoms with van der Waals surface area (Å²) in [6, 6.07) is 7.63. The van der Waals surface area contributed by atoms with Gasteiger partial charge in [-0.05, 0) is 18.2 Å². The van der Waals surface area contributed by atoms with Crippen LogP contribution in [0.3, 0.4) is 0 Å². The number of nitrogens with one attached hydrogen (secondary N) is 1. The average molecular weight is 327 g/mol. The molecule has 0 aromatic heterocycles. The van der Waals surface area contributed by atoms with E-state index in [1.807, 2.05) is 6.07 Å². The second-order valence-electron chi connectivity index (χ2n) is 3.67. The van der Waals surface area contributed by atoms with Crippen LogP contribution in [0, 0.1) is 28.8 Å². The first-order valence-electron chi connectivity index (χ1n) is 5.12. The van der Waals surface area contributed by atoms with Crippen molar-refractivity contribution in [2.45, 2.75) is 0 Å². The van der Waals surface area contributed by atoms with Gasteiger partial charge < -0.3 is 5.32 Å². The van der Waals surface area contributed by atoms with E-state index in [1.165, 1.54) is 12.1 Å². The number of benzene rings is 2. The molecule has 0 spiro atoms. The number of nitrogens with zero attached hydrogens (tertiary/aromatic N) is 1. The van der Waals surface area contributed by atoms with Crippen molar-refractivity contribution in [1.82, 2.24) is 0 Å². The molecule has 0 fully saturated rings. The summed E-state index contributed by atoms with van der Waals surface area (Å²) < 4.78 is 40.4. The molecule has 2 nitrogen and oxygen atoms in total. The highest BCUT2D eigenvalue weighted by Gasteiger charge is 2.13. The normalized spacial score (nSPS) is 10.1. The van der Waals surface area contributed by atoms with Crippen LogP contribution in [0.1, 0.15) is 5.56 Å². The molecule has 2 aromatic rings. The summed E-state index contributed by atoms with van der Waals surface area (Å²) in [7, 11) is 0. The van der Waals surface area contributed by atoms with Gasteiger partial charge in [-0.15, -0.1) is 0 Å². The van der Waals surface area contributed by atoms with Crippen molar-refractivity contribution in [3.8, 4) is 6.07 Å². The molecule has 96 valence electrons. The minimum absolute atomic E-state index is 0.206. The molecule has 0 heterocycles. The first-order chi connectivity index (χ1) is 9.01. The maximum Gasteiger partial charge on any atom is 0.152 e. The average Bonchev–Trinajstić information content (AvgIpc) is 2.35. The van der Waals surface area contributed by atoms with Crippen molar-refractivity contribution in [3.05, 3.63) is 57.8 Å². The maximum absolute atomic E-state index is 13.5. The number of hydrogen-bond acceptors (Lipinski definition) is 2. The Balaban J connectivity index is 2.45. The molecule has 19 heavy (non-hydrogen) atoms. The number of anilines is 2. The van der Waals surface area contributed by atoms with Crippen molar-refractivity contribution in [3.63, 3.8) is 0 Å². The zero-order chi connectivity index (χ0) is 14.0. The predicted molar refractivity (Wildman–Crippen MR) is 68.5 cm³/mol. The summed E-state index contributed by atoms with van der Waals surface area (Å²) in [6.07, 6.45) is 0. The van der Waals surface area contributed by atoms with Gasteiger partial charge in [0.1, 0.15) is 17.6 Å². The van der Waals surface area contributed by atoms with E-state index in [-0.39, 0.29) is 11.3 Å². The number of rotatable bonds is 2. The van der Waals surface area contributed by atoms with Crippen LogP contribution in [-0.2, 0) is 0 Å². The molecule has 0 saturated carbocycles. The molecule has 0 aliphatic carbocycles. The van der Waals surface area contributed by atoms with Crippen LogP contribution in [-0.4, -0.2) is 0 Å². The molecule has 0 aliphatic heterocycles. The monoisotopic (exact) mass is 326 g/mol. The first kappa shape index (κ1) is 13.4. The third-order valence-electron chi connectivity index (χ3n) is 2.37. The summed E-state index contributed by atoms with van der Waals surface area (Å²) in [5.41, 5.74) is -0.0622. The Hall–Kier alpha value is -2.00. The lowest BCUT2D eigenvalue weighted by Crippen LogP contribution is -2.00. The van der Waals surface area contributed by atoms with Crippen LogP contribution in [0.2, 0.25) is 0 Å². The Kier molecular flexibility index (Phi) is 3.76. The van der Waals surface area contributed by atoms with Crippen LogP contribution in [0.5, 0.6) is 0 Å². The highest BCUT2D eigenvalue weighted by atomic mass is 79.9. The quantitative estimate of drug-likeness (QED) is 0.883. The fourth-order valence-corrected chi connectivity index (χ4v) is 1.88. The highest BCUT2D eigenvalue weighted by molar-refractivity contribution is 9.10. The standard InChI is InChI=1S/C13H6BrF3N2/c14-8-1-2-12(7(3-8)6-18)19-13-10(16)4-9(15)5-11(13)17/h1-5,19H. The van der Waals surface area contributed by atoms with E-state index in [2.05, 4.69) is 21.2 Å². The van der Waals surface area contributed by atoms with E-state index in [0.29, 0.717) is 16.6 Å². The van der Waals surface area contributed by atoms with E-state index < -0.39 is 23.1 Å². The van der Waals surface area contributed by atoms with Crippen LogP contribution >= 0.6 is 15.9 Å². The van der Waals surface area contributed by atoms with Gasteiger partial charge in [0, 0.05) is 16.6 Å². The van der Waals surface area contributed by atoms with Gasteiger partial charge in [-0.1, -0.05) is 15.9 Å². The molecule has 2 rings (SSSR count). The maximum atomic E-state index is 13.5. The summed E-state index contributed by atoms with van der Waals surface area (Å²) in [5, 5.41) is 11.4. The largest absolute Gasteiger partial charge is 0.350 e. The van der Waals surface area contributed by atoms with E-state index in [1.54, 1.807) is 6.07 Å². The minimum Gasteiger partial charge on any atom is -0.350 e. The second kappa shape index (κ2) is 5.33. The Labute approximate surface area is 115 Å². The van der Waals surface area contributed by atoms with Crippen LogP contribution in [0.15, 0.2) is 34.8 Å². The first-order valence-corrected chi connectivity index (χ1v) is 5.92. The molecule has 0 radical (unpaired) electrons. The molecule has 6 heteroatoms. The van der Waals surface area contributed by atoms with Gasteiger partial charge in [0.2, 0.25) is 0 Å². The molecule has 0 unspecified atom stereocenters. The van der Waals surface area contributed by atoms with Gasteiger partial charge >= 0.3 is 0 Å². The molecule has 2 aromatic carbocycles. The Bertz CT molecular complexity index is 657. The molecule has 0 atom stereocenters. The summed E-state index contributed by atoms with van der Waals surface area (Å²) >= 11 is 3.18. The predicted octanol–water partition coefficient (Wildman–Crippen LogP) is 4.48. The van der Waals surface area contributed by atoms with Gasteiger partial charge in [0.15, 0.2) is 11.6 Å². The minimum atomic E-state index is -1.07. The Morgan fingerprint density at radius 1 is 1.05 bits per heavy atom. The van der Waals surface area contributed by atoms with Crippen molar-refractivity contribution >= 4 is 27.3 Å². The second-order valence-corrected chi connectivity index (χ2v) is 4.59. The molecular formula is C13H6BrF3N2. The number of hydrogen-bond donors (Lipinski definition) is 1. The highest BCUT2D eigenvalue weighted by Crippen LogP contribution is 2.27. The number of halogens is 4. The van der Waals surface area contributed by atoms with Crippen molar-refractivity contribution in [2.24, 2.45) is 0 Å². The molecule has 0 amide bonds.